The zero-order chi connectivity index (χ0) is 59.3. The lowest BCUT2D eigenvalue weighted by Crippen LogP contribution is -2.62. The molecule has 0 spiro atoms. The Kier molecular flexibility index (Phi) is 24.8. The summed E-state index contributed by atoms with van der Waals surface area (Å²) in [6, 6.07) is 15.8. The highest BCUT2D eigenvalue weighted by Crippen LogP contribution is 2.25. The molecule has 4 aromatic carbocycles. The Balaban J connectivity index is 0.00000291. The van der Waals surface area contributed by atoms with Crippen LogP contribution in [-0.4, -0.2) is 146 Å². The van der Waals surface area contributed by atoms with E-state index >= 15 is 0 Å². The van der Waals surface area contributed by atoms with Gasteiger partial charge in [-0.25, -0.2) is 0 Å². The number of unbranched alkanes of at least 4 members (excludes halogenated alkanes) is 1. The van der Waals surface area contributed by atoms with Gasteiger partial charge in [0, 0.05) is 48.4 Å². The molecule has 1 saturated heterocycles. The number of primary amides is 1. The van der Waals surface area contributed by atoms with Crippen molar-refractivity contribution in [2.24, 2.45) is 23.1 Å². The summed E-state index contributed by atoms with van der Waals surface area (Å²) in [7, 11) is 2.03. The maximum atomic E-state index is 14.9. The largest absolute Gasteiger partial charge is 0.508 e. The molecule has 0 aliphatic carbocycles. The molecule has 436 valence electrons. The first-order valence-electron chi connectivity index (χ1n) is 26.3. The van der Waals surface area contributed by atoms with Crippen LogP contribution in [-0.2, 0) is 62.4 Å². The minimum absolute atomic E-state index is 0.0501. The van der Waals surface area contributed by atoms with E-state index < -0.39 is 114 Å². The van der Waals surface area contributed by atoms with E-state index in [-0.39, 0.29) is 49.5 Å². The van der Waals surface area contributed by atoms with Crippen LogP contribution in [0, 0.1) is 5.92 Å². The number of benzene rings is 4. The predicted molar refractivity (Wildman–Crippen MR) is 310 cm³/mol. The van der Waals surface area contributed by atoms with Crippen molar-refractivity contribution in [1.82, 2.24) is 42.2 Å². The topological polar surface area (TPSA) is 392 Å². The molecule has 1 aliphatic rings. The second-order valence-electron chi connectivity index (χ2n) is 20.0. The fourth-order valence-electron chi connectivity index (χ4n) is 8.71. The number of carboxylic acids is 1. The molecule has 23 nitrogen and oxygen atoms in total. The molecule has 17 N–H and O–H groups in total. The van der Waals surface area contributed by atoms with Crippen molar-refractivity contribution in [1.29, 1.82) is 0 Å². The summed E-state index contributed by atoms with van der Waals surface area (Å²) in [6.45, 7) is 5.93. The number of aromatic nitrogens is 1. The third-order valence-corrected chi connectivity index (χ3v) is 15.5. The Morgan fingerprint density at radius 1 is 0.716 bits per heavy atom. The van der Waals surface area contributed by atoms with Crippen LogP contribution in [0.1, 0.15) is 63.6 Å². The number of nitrogens with one attached hydrogen (secondary N) is 8. The number of rotatable bonds is 17. The summed E-state index contributed by atoms with van der Waals surface area (Å²) in [5, 5.41) is 49.5. The molecule has 0 saturated carbocycles. The number of aromatic hydroxyl groups is 1. The number of hydrogen-bond donors (Lipinski definition) is 14. The fraction of sp³-hybridized carbons (Fsp3) is 0.411. The van der Waals surface area contributed by atoms with E-state index in [1.807, 2.05) is 66.7 Å². The number of fused-ring (bicyclic) bond motifs is 2. The van der Waals surface area contributed by atoms with Crippen molar-refractivity contribution in [3.05, 3.63) is 114 Å². The number of carbonyl (C=O) groups excluding carboxylic acids is 8. The number of phenols is 1. The Morgan fingerprint density at radius 2 is 1.31 bits per heavy atom. The average Bonchev–Trinajstić information content (AvgIpc) is 3.88. The Morgan fingerprint density at radius 3 is 1.96 bits per heavy atom. The molecule has 0 unspecified atom stereocenters. The molecule has 6 rings (SSSR count). The van der Waals surface area contributed by atoms with Gasteiger partial charge in [0.2, 0.25) is 47.3 Å². The minimum Gasteiger partial charge on any atom is -0.508 e. The van der Waals surface area contributed by atoms with E-state index in [1.165, 1.54) is 19.1 Å². The lowest BCUT2D eigenvalue weighted by molar-refractivity contribution is -0.136. The number of hydrogen-bond acceptors (Lipinski definition) is 15. The van der Waals surface area contributed by atoms with Gasteiger partial charge < -0.3 is 74.7 Å². The molecule has 0 radical (unpaired) electrons. The van der Waals surface area contributed by atoms with Crippen molar-refractivity contribution >= 4 is 96.5 Å². The van der Waals surface area contributed by atoms with Crippen molar-refractivity contribution in [2.75, 3.05) is 18.1 Å². The number of aliphatic hydroxyl groups is 1. The van der Waals surface area contributed by atoms with Gasteiger partial charge in [-0.3, -0.25) is 43.2 Å². The zero-order valence-electron chi connectivity index (χ0n) is 45.4. The van der Waals surface area contributed by atoms with Crippen molar-refractivity contribution < 1.29 is 58.5 Å². The summed E-state index contributed by atoms with van der Waals surface area (Å²) < 4.78 is 0. The molecule has 9 atom stereocenters. The van der Waals surface area contributed by atoms with Crippen LogP contribution < -0.4 is 54.4 Å². The number of carboxylic acid groups (broad SMARTS) is 1. The van der Waals surface area contributed by atoms with Crippen LogP contribution >= 0.6 is 21.6 Å². The van der Waals surface area contributed by atoms with Crippen LogP contribution in [0.15, 0.2) is 97.2 Å². The van der Waals surface area contributed by atoms with E-state index in [0.29, 0.717) is 24.0 Å². The van der Waals surface area contributed by atoms with E-state index in [2.05, 4.69) is 42.2 Å². The Bertz CT molecular complexity index is 2990. The molecule has 1 aliphatic heterocycles. The van der Waals surface area contributed by atoms with Crippen molar-refractivity contribution in [3.8, 4) is 5.75 Å². The molecule has 0 bridgehead atoms. The van der Waals surface area contributed by atoms with Crippen LogP contribution in [0.3, 0.4) is 0 Å². The minimum atomic E-state index is -1.55. The molecule has 1 fully saturated rings. The SMILES string of the molecule is CC(=O)O.CC(C)[C@@H]1NC(=O)[C@H](CCCCN)NC(=O)[C@@H](Cc2c[nH]c3ccccc23)NC(=O)[C@H](Cc2ccc(O)cc2)NC(=O)[C@@H](NC(=O)[C@H](N)Cc2ccc3ccccc3c2)CSSC[C@@H](C(=O)N[C@H](C(N)=O)[C@@H](C)O)NC1=O. The molecule has 25 heteroatoms. The number of H-pyrrole nitrogens is 1. The first-order valence-corrected chi connectivity index (χ1v) is 28.8. The van der Waals surface area contributed by atoms with Crippen molar-refractivity contribution in [3.63, 3.8) is 0 Å². The molecule has 2 heterocycles. The summed E-state index contributed by atoms with van der Waals surface area (Å²) in [5.74, 6) is -8.50. The maximum absolute atomic E-state index is 14.9. The Labute approximate surface area is 476 Å². The summed E-state index contributed by atoms with van der Waals surface area (Å²) in [4.78, 5) is 125. The summed E-state index contributed by atoms with van der Waals surface area (Å²) in [6.07, 6.45) is 1.05. The number of aromatic amines is 1. The number of nitrogens with two attached hydrogens (primary N) is 3. The van der Waals surface area contributed by atoms with E-state index in [9.17, 15) is 48.6 Å². The first-order chi connectivity index (χ1) is 38.5. The highest BCUT2D eigenvalue weighted by atomic mass is 33.1. The number of phenolic OH excluding ortho intramolecular Hbond substituents is 1. The van der Waals surface area contributed by atoms with Gasteiger partial charge in [-0.15, -0.1) is 0 Å². The lowest BCUT2D eigenvalue weighted by atomic mass is 10.00. The lowest BCUT2D eigenvalue weighted by Gasteiger charge is -2.29. The maximum Gasteiger partial charge on any atom is 0.300 e. The highest BCUT2D eigenvalue weighted by molar-refractivity contribution is 8.76. The van der Waals surface area contributed by atoms with Crippen LogP contribution in [0.2, 0.25) is 0 Å². The number of aliphatic hydroxyl groups excluding tert-OH is 1. The van der Waals surface area contributed by atoms with Gasteiger partial charge in [0.05, 0.1) is 12.1 Å². The third kappa shape index (κ3) is 19.8. The second kappa shape index (κ2) is 31.3. The number of para-hydroxylation sites is 1. The van der Waals surface area contributed by atoms with Gasteiger partial charge in [0.25, 0.3) is 5.97 Å². The van der Waals surface area contributed by atoms with Gasteiger partial charge in [-0.2, -0.15) is 0 Å². The van der Waals surface area contributed by atoms with E-state index in [4.69, 9.17) is 27.1 Å². The predicted octanol–water partition coefficient (Wildman–Crippen LogP) is 0.913. The van der Waals surface area contributed by atoms with E-state index in [0.717, 1.165) is 55.8 Å². The Hall–Kier alpha value is -7.71. The molecule has 5 aromatic rings. The summed E-state index contributed by atoms with van der Waals surface area (Å²) in [5.41, 5.74) is 20.5. The normalized spacial score (nSPS) is 20.9. The van der Waals surface area contributed by atoms with E-state index in [1.54, 1.807) is 32.2 Å². The quantitative estimate of drug-likeness (QED) is 0.0455. The van der Waals surface area contributed by atoms with Gasteiger partial charge in [-0.05, 0) is 90.7 Å². The van der Waals surface area contributed by atoms with Crippen LogP contribution in [0.25, 0.3) is 21.7 Å². The van der Waals surface area contributed by atoms with Crippen LogP contribution in [0.5, 0.6) is 5.75 Å². The smallest absolute Gasteiger partial charge is 0.300 e. The zero-order valence-corrected chi connectivity index (χ0v) is 47.1. The van der Waals surface area contributed by atoms with Crippen LogP contribution in [0.4, 0.5) is 0 Å². The monoisotopic (exact) mass is 1160 g/mol. The fourth-order valence-corrected chi connectivity index (χ4v) is 11.0. The van der Waals surface area contributed by atoms with Gasteiger partial charge >= 0.3 is 0 Å². The average molecular weight is 1160 g/mol. The molecular weight excluding hydrogens is 1080 g/mol. The third-order valence-electron chi connectivity index (χ3n) is 13.1. The van der Waals surface area contributed by atoms with Crippen molar-refractivity contribution in [2.45, 2.75) is 121 Å². The number of aliphatic carboxylic acids is 1. The molecule has 8 amide bonds. The highest BCUT2D eigenvalue weighted by Gasteiger charge is 2.36. The molecular formula is C56H73N11O12S2. The van der Waals surface area contributed by atoms with Gasteiger partial charge in [0.15, 0.2) is 0 Å². The molecule has 1 aromatic heterocycles. The first kappa shape index (κ1) is 64.1. The number of amides is 8. The number of carbonyl (C=O) groups is 9. The summed E-state index contributed by atoms with van der Waals surface area (Å²) >= 11 is 0. The van der Waals surface area contributed by atoms with Gasteiger partial charge in [-0.1, -0.05) is 108 Å². The second-order valence-corrected chi connectivity index (χ2v) is 22.5. The van der Waals surface area contributed by atoms with Gasteiger partial charge in [0.1, 0.15) is 48.0 Å². The standard InChI is InChI=1S/C54H69N11O10S2.C2H4O2/c1-29(2)45-54(75)63-44(53(74)65-46(30(3)66)47(57)68)28-77-76-27-43(62-48(69)38(56)23-32-15-18-33-10-4-5-11-34(33)22-32)52(73)60-41(24-31-16-19-36(67)20-17-31)50(71)61-42(25-35-26-58-39-13-7-6-12-37(35)39)51(72)59-40(49(70)64-45)14-8-9-21-55;1-2(3)4/h4-7,10-13,15-20,22,26,29-30,38,40-46,58,66-67H,8-9,14,21,23-25,27-28,55-56H2,1-3H3,(H2,57,68)(H,59,72)(H,60,73)(H,61,71)(H,62,69)(H,63,75)(H,64,70)(H,65,74);1H3,(H,3,4)/t30-,38-,40+,41+,42-,43+,44+,45+,46+;/m1./s1. The molecule has 81 heavy (non-hydrogen) atoms.